The molecule has 1 unspecified atom stereocenters. The van der Waals surface area contributed by atoms with Crippen LogP contribution in [0.3, 0.4) is 0 Å². The minimum atomic E-state index is -1.05. The van der Waals surface area contributed by atoms with Gasteiger partial charge in [-0.2, -0.15) is 0 Å². The molecular formula is C19H16FN3OS. The van der Waals surface area contributed by atoms with Gasteiger partial charge in [0.15, 0.2) is 4.90 Å². The van der Waals surface area contributed by atoms with Gasteiger partial charge in [0.25, 0.3) is 0 Å². The molecule has 1 aliphatic carbocycles. The molecule has 1 fully saturated rings. The Bertz CT molecular complexity index is 913. The Morgan fingerprint density at radius 1 is 1.04 bits per heavy atom. The molecule has 3 aromatic rings. The first-order valence-electron chi connectivity index (χ1n) is 8.01. The lowest BCUT2D eigenvalue weighted by Gasteiger charge is -2.14. The molecule has 0 radical (unpaired) electrons. The van der Waals surface area contributed by atoms with Gasteiger partial charge in [-0.3, -0.25) is 4.98 Å². The third-order valence-electron chi connectivity index (χ3n) is 4.16. The van der Waals surface area contributed by atoms with E-state index in [2.05, 4.69) is 9.97 Å². The van der Waals surface area contributed by atoms with Crippen LogP contribution in [0.2, 0.25) is 0 Å². The molecule has 1 atom stereocenters. The number of nitrogens with two attached hydrogens (primary N) is 1. The van der Waals surface area contributed by atoms with Crippen LogP contribution in [0.5, 0.6) is 0 Å². The predicted octanol–water partition coefficient (Wildman–Crippen LogP) is 3.80. The second kappa shape index (κ2) is 6.46. The molecular weight excluding hydrogens is 337 g/mol. The first-order chi connectivity index (χ1) is 12.1. The molecule has 2 N–H and O–H groups in total. The Labute approximate surface area is 148 Å². The van der Waals surface area contributed by atoms with Gasteiger partial charge in [0, 0.05) is 24.0 Å². The van der Waals surface area contributed by atoms with Crippen LogP contribution >= 0.6 is 0 Å². The van der Waals surface area contributed by atoms with Crippen molar-refractivity contribution in [1.82, 2.24) is 9.97 Å². The van der Waals surface area contributed by atoms with Crippen LogP contribution in [0, 0.1) is 5.82 Å². The Hall–Kier alpha value is -2.44. The molecule has 1 heterocycles. The highest BCUT2D eigenvalue weighted by atomic mass is 32.2. The smallest absolute Gasteiger partial charge is 0.160 e. The number of hydrogen-bond donors (Lipinski definition) is 1. The quantitative estimate of drug-likeness (QED) is 0.724. The van der Waals surface area contributed by atoms with Crippen molar-refractivity contribution >= 4 is 17.0 Å². The van der Waals surface area contributed by atoms with E-state index in [1.165, 1.54) is 18.5 Å². The Kier molecular flexibility index (Phi) is 4.15. The van der Waals surface area contributed by atoms with Crippen molar-refractivity contribution < 1.29 is 8.94 Å². The van der Waals surface area contributed by atoms with E-state index in [9.17, 15) is 8.94 Å². The third kappa shape index (κ3) is 3.23. The summed E-state index contributed by atoms with van der Waals surface area (Å²) in [5.41, 5.74) is 7.81. The number of aromatic nitrogens is 2. The van der Waals surface area contributed by atoms with Gasteiger partial charge < -0.3 is 10.3 Å². The summed E-state index contributed by atoms with van der Waals surface area (Å²) >= 11 is -1.05. The van der Waals surface area contributed by atoms with E-state index in [4.69, 9.17) is 5.73 Å². The number of halogens is 1. The van der Waals surface area contributed by atoms with E-state index in [1.54, 1.807) is 6.07 Å². The zero-order valence-corrected chi connectivity index (χ0v) is 14.2. The first kappa shape index (κ1) is 16.1. The third-order valence-corrected chi connectivity index (χ3v) is 6.03. The normalized spacial score (nSPS) is 15.1. The summed E-state index contributed by atoms with van der Waals surface area (Å²) in [5, 5.41) is 0.232. The zero-order chi connectivity index (χ0) is 17.4. The topological polar surface area (TPSA) is 74.9 Å². The van der Waals surface area contributed by atoms with Crippen LogP contribution in [0.25, 0.3) is 22.4 Å². The molecule has 25 heavy (non-hydrogen) atoms. The molecule has 6 heteroatoms. The fraction of sp³-hybridized carbons (Fsp3) is 0.158. The summed E-state index contributed by atoms with van der Waals surface area (Å²) in [7, 11) is 0. The standard InChI is InChI=1S/C19H16FN3OS/c20-16-9-12(5-8-15(16)17-10-23-19(21)11-22-17)14-3-1-2-4-18(14)25(24)13-6-7-13/h1-5,8-11,13H,6-7H2,(H2,21,23). The lowest BCUT2D eigenvalue weighted by atomic mass is 10.0. The fourth-order valence-electron chi connectivity index (χ4n) is 2.71. The largest absolute Gasteiger partial charge is 0.611 e. The maximum atomic E-state index is 14.7. The van der Waals surface area contributed by atoms with E-state index < -0.39 is 17.0 Å². The van der Waals surface area contributed by atoms with E-state index in [0.717, 1.165) is 23.3 Å². The second-order valence-electron chi connectivity index (χ2n) is 6.01. The number of nitrogens with zero attached hydrogens (tertiary/aromatic N) is 2. The molecule has 1 aromatic heterocycles. The summed E-state index contributed by atoms with van der Waals surface area (Å²) < 4.78 is 27.2. The van der Waals surface area contributed by atoms with Crippen molar-refractivity contribution in [3.63, 3.8) is 0 Å². The minimum absolute atomic E-state index is 0.232. The lowest BCUT2D eigenvalue weighted by molar-refractivity contribution is 0.594. The average Bonchev–Trinajstić information content (AvgIpc) is 3.47. The summed E-state index contributed by atoms with van der Waals surface area (Å²) in [6.45, 7) is 0. The summed E-state index contributed by atoms with van der Waals surface area (Å²) in [6, 6.07) is 12.4. The molecule has 0 amide bonds. The van der Waals surface area contributed by atoms with Crippen molar-refractivity contribution in [2.75, 3.05) is 5.73 Å². The molecule has 0 aliphatic heterocycles. The SMILES string of the molecule is Nc1cnc(-c2ccc(-c3ccccc3[S+]([O-])C3CC3)cc2F)cn1. The Morgan fingerprint density at radius 2 is 1.84 bits per heavy atom. The lowest BCUT2D eigenvalue weighted by Crippen LogP contribution is -2.08. The highest BCUT2D eigenvalue weighted by Crippen LogP contribution is 2.38. The summed E-state index contributed by atoms with van der Waals surface area (Å²) in [4.78, 5) is 8.83. The number of hydrogen-bond acceptors (Lipinski definition) is 4. The highest BCUT2D eigenvalue weighted by molar-refractivity contribution is 7.92. The van der Waals surface area contributed by atoms with Gasteiger partial charge in [-0.25, -0.2) is 9.37 Å². The zero-order valence-electron chi connectivity index (χ0n) is 13.4. The number of rotatable bonds is 4. The molecule has 0 spiro atoms. The van der Waals surface area contributed by atoms with Gasteiger partial charge in [0.05, 0.1) is 18.1 Å². The summed E-state index contributed by atoms with van der Waals surface area (Å²) in [6.07, 6.45) is 4.83. The molecule has 1 aliphatic rings. The number of benzene rings is 2. The van der Waals surface area contributed by atoms with Gasteiger partial charge in [-0.15, -0.1) is 0 Å². The van der Waals surface area contributed by atoms with E-state index in [1.807, 2.05) is 30.3 Å². The van der Waals surface area contributed by atoms with Crippen LogP contribution < -0.4 is 5.73 Å². The van der Waals surface area contributed by atoms with Crippen LogP contribution in [-0.4, -0.2) is 19.8 Å². The van der Waals surface area contributed by atoms with Crippen LogP contribution in [-0.2, 0) is 11.2 Å². The maximum absolute atomic E-state index is 14.7. The van der Waals surface area contributed by atoms with E-state index >= 15 is 0 Å². The number of nitrogen functional groups attached to an aromatic ring is 1. The van der Waals surface area contributed by atoms with Crippen molar-refractivity contribution in [1.29, 1.82) is 0 Å². The van der Waals surface area contributed by atoms with E-state index in [0.29, 0.717) is 16.8 Å². The molecule has 0 saturated heterocycles. The van der Waals surface area contributed by atoms with Gasteiger partial charge in [0.2, 0.25) is 0 Å². The Morgan fingerprint density at radius 3 is 2.52 bits per heavy atom. The summed E-state index contributed by atoms with van der Waals surface area (Å²) in [5.74, 6) is -0.110. The maximum Gasteiger partial charge on any atom is 0.160 e. The van der Waals surface area contributed by atoms with Crippen molar-refractivity contribution in [3.05, 3.63) is 60.7 Å². The predicted molar refractivity (Wildman–Crippen MR) is 96.7 cm³/mol. The molecule has 0 bridgehead atoms. The van der Waals surface area contributed by atoms with Gasteiger partial charge in [-0.05, 0) is 41.0 Å². The molecule has 2 aromatic carbocycles. The monoisotopic (exact) mass is 353 g/mol. The minimum Gasteiger partial charge on any atom is -0.611 e. The molecule has 126 valence electrons. The highest BCUT2D eigenvalue weighted by Gasteiger charge is 2.36. The second-order valence-corrected chi connectivity index (χ2v) is 7.72. The van der Waals surface area contributed by atoms with Crippen LogP contribution in [0.4, 0.5) is 10.2 Å². The van der Waals surface area contributed by atoms with Crippen molar-refractivity contribution in [2.45, 2.75) is 23.0 Å². The van der Waals surface area contributed by atoms with Gasteiger partial charge in [0.1, 0.15) is 16.9 Å². The van der Waals surface area contributed by atoms with E-state index in [-0.39, 0.29) is 11.1 Å². The van der Waals surface area contributed by atoms with Crippen LogP contribution in [0.1, 0.15) is 12.8 Å². The average molecular weight is 353 g/mol. The molecule has 4 rings (SSSR count). The number of anilines is 1. The van der Waals surface area contributed by atoms with Crippen LogP contribution in [0.15, 0.2) is 59.8 Å². The molecule has 4 nitrogen and oxygen atoms in total. The fourth-order valence-corrected chi connectivity index (χ4v) is 4.25. The van der Waals surface area contributed by atoms with Gasteiger partial charge in [-0.1, -0.05) is 18.2 Å². The first-order valence-corrected chi connectivity index (χ1v) is 9.22. The van der Waals surface area contributed by atoms with Crippen molar-refractivity contribution in [3.8, 4) is 22.4 Å². The molecule has 1 saturated carbocycles. The Balaban J connectivity index is 1.73. The van der Waals surface area contributed by atoms with Crippen molar-refractivity contribution in [2.24, 2.45) is 0 Å². The van der Waals surface area contributed by atoms with Gasteiger partial charge >= 0.3 is 0 Å².